The van der Waals surface area contributed by atoms with E-state index in [1.807, 2.05) is 37.7 Å². The van der Waals surface area contributed by atoms with Crippen LogP contribution in [-0.4, -0.2) is 16.8 Å². The van der Waals surface area contributed by atoms with Crippen molar-refractivity contribution >= 4 is 17.4 Å². The summed E-state index contributed by atoms with van der Waals surface area (Å²) < 4.78 is 5.61. The number of rotatable bonds is 5. The highest BCUT2D eigenvalue weighted by atomic mass is 32.2. The molecule has 100 valence electrons. The third-order valence-electron chi connectivity index (χ3n) is 3.15. The fraction of sp³-hybridized carbons (Fsp3) is 0.643. The van der Waals surface area contributed by atoms with Gasteiger partial charge in [0.1, 0.15) is 5.03 Å². The van der Waals surface area contributed by atoms with Crippen LogP contribution in [0.25, 0.3) is 0 Å². The molecule has 2 N–H and O–H groups in total. The maximum atomic E-state index is 5.86. The molecule has 0 unspecified atom stereocenters. The van der Waals surface area contributed by atoms with Gasteiger partial charge in [0.2, 0.25) is 5.88 Å². The molecule has 1 aliphatic carbocycles. The summed E-state index contributed by atoms with van der Waals surface area (Å²) in [5.41, 5.74) is 6.48. The average Bonchev–Trinajstić information content (AvgIpc) is 2.82. The Balaban J connectivity index is 1.95. The molecule has 0 amide bonds. The van der Waals surface area contributed by atoms with Crippen LogP contribution in [0.5, 0.6) is 5.88 Å². The zero-order chi connectivity index (χ0) is 13.0. The van der Waals surface area contributed by atoms with Gasteiger partial charge in [-0.2, -0.15) is 0 Å². The Hall–Kier alpha value is -0.900. The Kier molecular flexibility index (Phi) is 4.75. The number of ether oxygens (including phenoxy) is 1. The highest BCUT2D eigenvalue weighted by Gasteiger charge is 2.15. The van der Waals surface area contributed by atoms with Gasteiger partial charge in [-0.1, -0.05) is 12.8 Å². The molecule has 1 fully saturated rings. The van der Waals surface area contributed by atoms with Gasteiger partial charge in [-0.05, 0) is 44.7 Å². The van der Waals surface area contributed by atoms with Crippen molar-refractivity contribution in [1.82, 2.24) is 4.98 Å². The minimum atomic E-state index is 0.106. The fourth-order valence-corrected chi connectivity index (χ4v) is 3.26. The normalized spacial score (nSPS) is 16.4. The predicted molar refractivity (Wildman–Crippen MR) is 77.1 cm³/mol. The van der Waals surface area contributed by atoms with Crippen molar-refractivity contribution in [3.8, 4) is 5.88 Å². The lowest BCUT2D eigenvalue weighted by Crippen LogP contribution is -2.09. The van der Waals surface area contributed by atoms with Crippen LogP contribution in [0.2, 0.25) is 0 Å². The summed E-state index contributed by atoms with van der Waals surface area (Å²) in [7, 11) is 0. The van der Waals surface area contributed by atoms with E-state index in [0.29, 0.717) is 11.6 Å². The van der Waals surface area contributed by atoms with E-state index in [1.54, 1.807) is 0 Å². The van der Waals surface area contributed by atoms with Crippen molar-refractivity contribution in [2.24, 2.45) is 5.92 Å². The number of nitrogen functional groups attached to an aromatic ring is 1. The molecular formula is C14H22N2OS. The third-order valence-corrected chi connectivity index (χ3v) is 4.31. The Morgan fingerprint density at radius 1 is 1.39 bits per heavy atom. The molecule has 1 saturated carbocycles. The van der Waals surface area contributed by atoms with Crippen molar-refractivity contribution in [1.29, 1.82) is 0 Å². The molecule has 1 aromatic rings. The minimum Gasteiger partial charge on any atom is -0.473 e. The maximum absolute atomic E-state index is 5.86. The Bertz CT molecular complexity index is 389. The first-order chi connectivity index (χ1) is 8.65. The molecule has 2 rings (SSSR count). The molecule has 0 aromatic carbocycles. The number of aromatic nitrogens is 1. The fourth-order valence-electron chi connectivity index (χ4n) is 2.21. The number of nitrogens with zero attached hydrogens (tertiary/aromatic N) is 1. The summed E-state index contributed by atoms with van der Waals surface area (Å²) in [5, 5.41) is 1.02. The molecule has 0 spiro atoms. The van der Waals surface area contributed by atoms with Crippen molar-refractivity contribution in [3.63, 3.8) is 0 Å². The largest absolute Gasteiger partial charge is 0.473 e. The van der Waals surface area contributed by atoms with Crippen LogP contribution in [0, 0.1) is 5.92 Å². The Morgan fingerprint density at radius 2 is 2.11 bits per heavy atom. The smallest absolute Gasteiger partial charge is 0.238 e. The van der Waals surface area contributed by atoms with Crippen molar-refractivity contribution in [3.05, 3.63) is 12.1 Å². The highest BCUT2D eigenvalue weighted by Crippen LogP contribution is 2.31. The third kappa shape index (κ3) is 3.80. The van der Waals surface area contributed by atoms with E-state index in [-0.39, 0.29) is 6.10 Å². The maximum Gasteiger partial charge on any atom is 0.238 e. The first-order valence-corrected chi connectivity index (χ1v) is 7.69. The number of anilines is 1. The summed E-state index contributed by atoms with van der Waals surface area (Å²) in [4.78, 5) is 4.49. The number of hydrogen-bond donors (Lipinski definition) is 1. The molecule has 3 nitrogen and oxygen atoms in total. The first kappa shape index (κ1) is 13.5. The minimum absolute atomic E-state index is 0.106. The van der Waals surface area contributed by atoms with Gasteiger partial charge in [-0.3, -0.25) is 0 Å². The predicted octanol–water partition coefficient (Wildman–Crippen LogP) is 3.73. The van der Waals surface area contributed by atoms with Gasteiger partial charge in [-0.25, -0.2) is 4.98 Å². The topological polar surface area (TPSA) is 48.1 Å². The molecule has 1 aromatic heterocycles. The second-order valence-corrected chi connectivity index (χ2v) is 6.21. The van der Waals surface area contributed by atoms with Crippen LogP contribution in [0.15, 0.2) is 17.2 Å². The van der Waals surface area contributed by atoms with E-state index < -0.39 is 0 Å². The van der Waals surface area contributed by atoms with Gasteiger partial charge in [0, 0.05) is 5.75 Å². The number of pyridine rings is 1. The molecule has 0 bridgehead atoms. The molecule has 1 heterocycles. The van der Waals surface area contributed by atoms with E-state index in [0.717, 1.165) is 16.7 Å². The highest BCUT2D eigenvalue weighted by molar-refractivity contribution is 7.99. The quantitative estimate of drug-likeness (QED) is 0.825. The van der Waals surface area contributed by atoms with Gasteiger partial charge in [0.05, 0.1) is 11.8 Å². The summed E-state index contributed by atoms with van der Waals surface area (Å²) in [6.07, 6.45) is 5.63. The van der Waals surface area contributed by atoms with Crippen molar-refractivity contribution in [2.75, 3.05) is 11.5 Å². The molecule has 18 heavy (non-hydrogen) atoms. The Morgan fingerprint density at radius 3 is 2.78 bits per heavy atom. The van der Waals surface area contributed by atoms with Crippen LogP contribution in [0.3, 0.4) is 0 Å². The van der Waals surface area contributed by atoms with Gasteiger partial charge in [-0.15, -0.1) is 11.8 Å². The molecular weight excluding hydrogens is 244 g/mol. The van der Waals surface area contributed by atoms with E-state index in [1.165, 1.54) is 25.7 Å². The van der Waals surface area contributed by atoms with E-state index in [9.17, 15) is 0 Å². The van der Waals surface area contributed by atoms with Crippen LogP contribution in [0.4, 0.5) is 5.69 Å². The van der Waals surface area contributed by atoms with Crippen LogP contribution in [-0.2, 0) is 0 Å². The Labute approximate surface area is 114 Å². The molecule has 0 aliphatic heterocycles. The second-order valence-electron chi connectivity index (χ2n) is 5.17. The second kappa shape index (κ2) is 6.32. The summed E-state index contributed by atoms with van der Waals surface area (Å²) in [5.74, 6) is 2.60. The standard InChI is InChI=1S/C14H22N2OS/c1-10(2)17-14-12(15)7-8-13(16-14)18-9-11-5-3-4-6-11/h7-8,10-11H,3-6,9,15H2,1-2H3. The SMILES string of the molecule is CC(C)Oc1nc(SCC2CCCC2)ccc1N. The van der Waals surface area contributed by atoms with Gasteiger partial charge < -0.3 is 10.5 Å². The molecule has 1 aliphatic rings. The summed E-state index contributed by atoms with van der Waals surface area (Å²) in [6.45, 7) is 3.97. The van der Waals surface area contributed by atoms with E-state index in [4.69, 9.17) is 10.5 Å². The summed E-state index contributed by atoms with van der Waals surface area (Å²) >= 11 is 1.82. The molecule has 4 heteroatoms. The van der Waals surface area contributed by atoms with Gasteiger partial charge >= 0.3 is 0 Å². The van der Waals surface area contributed by atoms with Crippen LogP contribution in [0.1, 0.15) is 39.5 Å². The van der Waals surface area contributed by atoms with Crippen LogP contribution < -0.4 is 10.5 Å². The van der Waals surface area contributed by atoms with Crippen LogP contribution >= 0.6 is 11.8 Å². The molecule has 0 radical (unpaired) electrons. The van der Waals surface area contributed by atoms with Crippen molar-refractivity contribution < 1.29 is 4.74 Å². The first-order valence-electron chi connectivity index (χ1n) is 6.71. The average molecular weight is 266 g/mol. The van der Waals surface area contributed by atoms with Gasteiger partial charge in [0.25, 0.3) is 0 Å². The number of nitrogens with two attached hydrogens (primary N) is 1. The van der Waals surface area contributed by atoms with E-state index in [2.05, 4.69) is 4.98 Å². The molecule has 0 saturated heterocycles. The number of hydrogen-bond acceptors (Lipinski definition) is 4. The lowest BCUT2D eigenvalue weighted by atomic mass is 10.1. The zero-order valence-corrected chi connectivity index (χ0v) is 12.0. The zero-order valence-electron chi connectivity index (χ0n) is 11.2. The van der Waals surface area contributed by atoms with E-state index >= 15 is 0 Å². The summed E-state index contributed by atoms with van der Waals surface area (Å²) in [6, 6.07) is 3.88. The lowest BCUT2D eigenvalue weighted by Gasteiger charge is -2.13. The lowest BCUT2D eigenvalue weighted by molar-refractivity contribution is 0.232. The monoisotopic (exact) mass is 266 g/mol. The number of thioether (sulfide) groups is 1. The van der Waals surface area contributed by atoms with Gasteiger partial charge in [0.15, 0.2) is 0 Å². The molecule has 0 atom stereocenters. The van der Waals surface area contributed by atoms with Crippen molar-refractivity contribution in [2.45, 2.75) is 50.7 Å².